The third-order valence-corrected chi connectivity index (χ3v) is 3.18. The number of benzene rings is 2. The molecule has 0 aliphatic carbocycles. The van der Waals surface area contributed by atoms with Gasteiger partial charge in [-0.05, 0) is 30.7 Å². The van der Waals surface area contributed by atoms with Crippen LogP contribution in [0.15, 0.2) is 77.6 Å². The summed E-state index contributed by atoms with van der Waals surface area (Å²) in [5.74, 6) is -1.36. The fourth-order valence-electron chi connectivity index (χ4n) is 1.91. The van der Waals surface area contributed by atoms with Crippen molar-refractivity contribution < 1.29 is 19.1 Å². The maximum Gasteiger partial charge on any atom is 0.336 e. The first-order chi connectivity index (χ1) is 11.6. The highest BCUT2D eigenvalue weighted by Gasteiger charge is 2.11. The van der Waals surface area contributed by atoms with Gasteiger partial charge in [0.2, 0.25) is 0 Å². The molecule has 0 atom stereocenters. The molecule has 0 bridgehead atoms. The molecule has 1 heterocycles. The van der Waals surface area contributed by atoms with Gasteiger partial charge in [-0.3, -0.25) is 4.79 Å². The standard InChI is InChI=1S/C13H11NO4.C6H6/c1-8-2-3-10(6-11(8)13(16)17)14-12(15)9-4-5-18-7-9;1-2-4-6-5-3-1/h2-7H,1H3,(H,14,15)(H,16,17);1-6H. The van der Waals surface area contributed by atoms with Gasteiger partial charge in [0.1, 0.15) is 6.26 Å². The molecule has 0 unspecified atom stereocenters. The SMILES string of the molecule is Cc1ccc(NC(=O)c2ccoc2)cc1C(=O)O.c1ccccc1. The molecule has 0 saturated carbocycles. The molecule has 2 N–H and O–H groups in total. The van der Waals surface area contributed by atoms with Crippen molar-refractivity contribution in [1.29, 1.82) is 0 Å². The molecule has 122 valence electrons. The number of carbonyl (C=O) groups is 2. The van der Waals surface area contributed by atoms with Crippen molar-refractivity contribution in [2.24, 2.45) is 0 Å². The van der Waals surface area contributed by atoms with E-state index in [1.54, 1.807) is 19.1 Å². The first kappa shape index (κ1) is 17.0. The van der Waals surface area contributed by atoms with Crippen molar-refractivity contribution in [2.45, 2.75) is 6.92 Å². The summed E-state index contributed by atoms with van der Waals surface area (Å²) >= 11 is 0. The predicted molar refractivity (Wildman–Crippen MR) is 91.2 cm³/mol. The van der Waals surface area contributed by atoms with E-state index >= 15 is 0 Å². The van der Waals surface area contributed by atoms with Crippen LogP contribution < -0.4 is 5.32 Å². The number of aryl methyl sites for hydroxylation is 1. The Balaban J connectivity index is 0.000000292. The molecule has 0 aliphatic heterocycles. The minimum atomic E-state index is -1.02. The van der Waals surface area contributed by atoms with Crippen LogP contribution in [0.3, 0.4) is 0 Å². The van der Waals surface area contributed by atoms with Gasteiger partial charge in [-0.1, -0.05) is 42.5 Å². The highest BCUT2D eigenvalue weighted by molar-refractivity contribution is 6.04. The van der Waals surface area contributed by atoms with E-state index in [9.17, 15) is 9.59 Å². The average Bonchev–Trinajstić information content (AvgIpc) is 3.13. The highest BCUT2D eigenvalue weighted by Crippen LogP contribution is 2.16. The molecule has 1 aromatic heterocycles. The second-order valence-electron chi connectivity index (χ2n) is 4.96. The summed E-state index contributed by atoms with van der Waals surface area (Å²) in [6.45, 7) is 1.70. The predicted octanol–water partition coefficient (Wildman–Crippen LogP) is 4.23. The Morgan fingerprint density at radius 2 is 1.62 bits per heavy atom. The van der Waals surface area contributed by atoms with Crippen LogP contribution in [0.25, 0.3) is 0 Å². The van der Waals surface area contributed by atoms with Crippen molar-refractivity contribution in [2.75, 3.05) is 5.32 Å². The quantitative estimate of drug-likeness (QED) is 0.756. The van der Waals surface area contributed by atoms with Crippen molar-refractivity contribution >= 4 is 17.6 Å². The number of carboxylic acid groups (broad SMARTS) is 1. The summed E-state index contributed by atoms with van der Waals surface area (Å²) in [5, 5.41) is 11.6. The fraction of sp³-hybridized carbons (Fsp3) is 0.0526. The van der Waals surface area contributed by atoms with E-state index in [1.807, 2.05) is 36.4 Å². The Hall–Kier alpha value is -3.34. The van der Waals surface area contributed by atoms with Gasteiger partial charge in [-0.25, -0.2) is 4.79 Å². The molecule has 5 nitrogen and oxygen atoms in total. The fourth-order valence-corrected chi connectivity index (χ4v) is 1.91. The zero-order valence-corrected chi connectivity index (χ0v) is 13.1. The number of nitrogens with one attached hydrogen (secondary N) is 1. The van der Waals surface area contributed by atoms with Gasteiger partial charge in [-0.2, -0.15) is 0 Å². The van der Waals surface area contributed by atoms with Crippen LogP contribution in [0.5, 0.6) is 0 Å². The van der Waals surface area contributed by atoms with Crippen molar-refractivity contribution in [3.8, 4) is 0 Å². The molecular weight excluding hydrogens is 306 g/mol. The Labute approximate surface area is 139 Å². The Bertz CT molecular complexity index is 769. The third-order valence-electron chi connectivity index (χ3n) is 3.18. The van der Waals surface area contributed by atoms with Gasteiger partial charge in [0.15, 0.2) is 0 Å². The van der Waals surface area contributed by atoms with Gasteiger partial charge in [0.25, 0.3) is 5.91 Å². The molecule has 24 heavy (non-hydrogen) atoms. The largest absolute Gasteiger partial charge is 0.478 e. The summed E-state index contributed by atoms with van der Waals surface area (Å²) in [5.41, 5.74) is 1.63. The third kappa shape index (κ3) is 4.84. The molecule has 1 amide bonds. The molecule has 5 heteroatoms. The lowest BCUT2D eigenvalue weighted by molar-refractivity contribution is 0.0695. The van der Waals surface area contributed by atoms with Gasteiger partial charge >= 0.3 is 5.97 Å². The molecule has 0 spiro atoms. The van der Waals surface area contributed by atoms with Crippen LogP contribution in [-0.2, 0) is 0 Å². The summed E-state index contributed by atoms with van der Waals surface area (Å²) in [6, 6.07) is 18.3. The van der Waals surface area contributed by atoms with Gasteiger partial charge in [0, 0.05) is 5.69 Å². The Kier molecular flexibility index (Phi) is 5.91. The minimum Gasteiger partial charge on any atom is -0.478 e. The molecule has 3 aromatic rings. The lowest BCUT2D eigenvalue weighted by atomic mass is 10.1. The smallest absolute Gasteiger partial charge is 0.336 e. The van der Waals surface area contributed by atoms with Crippen molar-refractivity contribution in [1.82, 2.24) is 0 Å². The molecule has 0 saturated heterocycles. The topological polar surface area (TPSA) is 79.5 Å². The van der Waals surface area contributed by atoms with Crippen molar-refractivity contribution in [3.63, 3.8) is 0 Å². The summed E-state index contributed by atoms with van der Waals surface area (Å²) in [7, 11) is 0. The van der Waals surface area contributed by atoms with E-state index in [0.29, 0.717) is 16.8 Å². The molecule has 0 aliphatic rings. The van der Waals surface area contributed by atoms with Crippen LogP contribution >= 0.6 is 0 Å². The van der Waals surface area contributed by atoms with Gasteiger partial charge < -0.3 is 14.8 Å². The van der Waals surface area contributed by atoms with Crippen LogP contribution in [0.1, 0.15) is 26.3 Å². The number of hydrogen-bond acceptors (Lipinski definition) is 3. The van der Waals surface area contributed by atoms with E-state index in [1.165, 1.54) is 24.7 Å². The van der Waals surface area contributed by atoms with E-state index in [0.717, 1.165) is 0 Å². The number of rotatable bonds is 3. The lowest BCUT2D eigenvalue weighted by Gasteiger charge is -2.06. The Morgan fingerprint density at radius 3 is 2.12 bits per heavy atom. The Morgan fingerprint density at radius 1 is 1.00 bits per heavy atom. The molecule has 2 aromatic carbocycles. The van der Waals surface area contributed by atoms with E-state index in [-0.39, 0.29) is 11.5 Å². The monoisotopic (exact) mass is 323 g/mol. The first-order valence-corrected chi connectivity index (χ1v) is 7.25. The van der Waals surface area contributed by atoms with Crippen LogP contribution in [0.2, 0.25) is 0 Å². The van der Waals surface area contributed by atoms with E-state index < -0.39 is 5.97 Å². The van der Waals surface area contributed by atoms with E-state index in [2.05, 4.69) is 5.32 Å². The summed E-state index contributed by atoms with van der Waals surface area (Å²) < 4.78 is 4.80. The first-order valence-electron chi connectivity index (χ1n) is 7.25. The number of aromatic carboxylic acids is 1. The molecule has 3 rings (SSSR count). The average molecular weight is 323 g/mol. The van der Waals surface area contributed by atoms with Crippen LogP contribution in [-0.4, -0.2) is 17.0 Å². The minimum absolute atomic E-state index is 0.167. The summed E-state index contributed by atoms with van der Waals surface area (Å²) in [6.07, 6.45) is 2.72. The molecular formula is C19H17NO4. The number of amides is 1. The number of furan rings is 1. The number of anilines is 1. The van der Waals surface area contributed by atoms with Gasteiger partial charge in [0.05, 0.1) is 17.4 Å². The zero-order valence-electron chi connectivity index (χ0n) is 13.1. The molecule has 0 fully saturated rings. The number of carbonyl (C=O) groups excluding carboxylic acids is 1. The number of hydrogen-bond donors (Lipinski definition) is 2. The summed E-state index contributed by atoms with van der Waals surface area (Å²) in [4.78, 5) is 22.7. The van der Waals surface area contributed by atoms with Crippen LogP contribution in [0, 0.1) is 6.92 Å². The highest BCUT2D eigenvalue weighted by atomic mass is 16.4. The number of carboxylic acids is 1. The maximum absolute atomic E-state index is 11.7. The lowest BCUT2D eigenvalue weighted by Crippen LogP contribution is -2.11. The normalized spacial score (nSPS) is 9.54. The second-order valence-corrected chi connectivity index (χ2v) is 4.96. The maximum atomic E-state index is 11.7. The van der Waals surface area contributed by atoms with E-state index in [4.69, 9.17) is 9.52 Å². The van der Waals surface area contributed by atoms with Crippen molar-refractivity contribution in [3.05, 3.63) is 89.9 Å². The zero-order chi connectivity index (χ0) is 17.4. The second kappa shape index (κ2) is 8.33. The van der Waals surface area contributed by atoms with Crippen LogP contribution in [0.4, 0.5) is 5.69 Å². The van der Waals surface area contributed by atoms with Gasteiger partial charge in [-0.15, -0.1) is 0 Å². The molecule has 0 radical (unpaired) electrons.